The second kappa shape index (κ2) is 12.7. The molecule has 6 nitrogen and oxygen atoms in total. The van der Waals surface area contributed by atoms with E-state index in [1.165, 1.54) is 61.8 Å². The van der Waals surface area contributed by atoms with Crippen LogP contribution in [0.1, 0.15) is 50.1 Å². The summed E-state index contributed by atoms with van der Waals surface area (Å²) in [6.07, 6.45) is 0. The van der Waals surface area contributed by atoms with Crippen molar-refractivity contribution >= 4 is 129 Å². The summed E-state index contributed by atoms with van der Waals surface area (Å²) in [5.41, 5.74) is 18.0. The van der Waals surface area contributed by atoms with E-state index in [4.69, 9.17) is 0 Å². The SMILES string of the molecule is Cc1c(C)c(Br)c2n[se]nc2c1C.Cc1c(C)c(Br)c2n[te]nc2c1C.Cc1c(C)c(Br)c2nsnc2c1C. The molecule has 3 heterocycles. The molecule has 0 aliphatic heterocycles. The minimum atomic E-state index is -0.492. The van der Waals surface area contributed by atoms with Gasteiger partial charge in [0.2, 0.25) is 0 Å². The third-order valence-corrected chi connectivity index (χ3v) is 13.6. The molecule has 0 N–H and O–H groups in total. The zero-order chi connectivity index (χ0) is 28.8. The van der Waals surface area contributed by atoms with Crippen LogP contribution in [0.3, 0.4) is 0 Å². The van der Waals surface area contributed by atoms with Crippen molar-refractivity contribution in [2.24, 2.45) is 0 Å². The monoisotopic (exact) mass is 914 g/mol. The van der Waals surface area contributed by atoms with Gasteiger partial charge in [0.15, 0.2) is 0 Å². The van der Waals surface area contributed by atoms with Crippen molar-refractivity contribution in [1.29, 1.82) is 0 Å². The standard InChI is InChI=1S/C9H9BrN2S.C9H9BrN2Se.C9H9BrN2Te/c3*1-4-5(2)7(10)9-8(6(4)3)11-13-12-9/h3*1-3H3. The molecule has 3 aromatic heterocycles. The first-order valence-electron chi connectivity index (χ1n) is 12.0. The number of fused-ring (bicyclic) bond motifs is 3. The molecule has 0 unspecified atom stereocenters. The molecule has 0 bridgehead atoms. The van der Waals surface area contributed by atoms with Crippen molar-refractivity contribution in [1.82, 2.24) is 23.1 Å². The van der Waals surface area contributed by atoms with Crippen LogP contribution in [0, 0.1) is 62.3 Å². The molecular formula is C27H27Br3N6SSeTe. The molecule has 204 valence electrons. The van der Waals surface area contributed by atoms with Crippen LogP contribution in [-0.2, 0) is 0 Å². The molecule has 12 heteroatoms. The summed E-state index contributed by atoms with van der Waals surface area (Å²) in [4.78, 5) is 0. The van der Waals surface area contributed by atoms with Gasteiger partial charge in [-0.15, -0.1) is 0 Å². The van der Waals surface area contributed by atoms with Crippen LogP contribution in [0.2, 0.25) is 0 Å². The van der Waals surface area contributed by atoms with Crippen LogP contribution in [-0.4, -0.2) is 59.1 Å². The number of benzene rings is 3. The van der Waals surface area contributed by atoms with Crippen LogP contribution in [0.25, 0.3) is 33.1 Å². The molecule has 0 amide bonds. The molecule has 0 fully saturated rings. The predicted molar refractivity (Wildman–Crippen MR) is 176 cm³/mol. The number of hydrogen-bond acceptors (Lipinski definition) is 7. The smallest absolute Gasteiger partial charge is 0.119 e. The molecule has 0 aliphatic carbocycles. The fraction of sp³-hybridized carbons (Fsp3) is 0.333. The van der Waals surface area contributed by atoms with Gasteiger partial charge in [0, 0.05) is 4.47 Å². The summed E-state index contributed by atoms with van der Waals surface area (Å²) in [6.45, 7) is 19.1. The molecule has 3 aromatic carbocycles. The summed E-state index contributed by atoms with van der Waals surface area (Å²) >= 11 is 11.5. The second-order valence-electron chi connectivity index (χ2n) is 9.45. The van der Waals surface area contributed by atoms with E-state index in [1.807, 2.05) is 0 Å². The van der Waals surface area contributed by atoms with Crippen molar-refractivity contribution < 1.29 is 0 Å². The molecule has 0 aliphatic rings. The van der Waals surface area contributed by atoms with E-state index in [9.17, 15) is 0 Å². The fourth-order valence-electron chi connectivity index (χ4n) is 4.14. The predicted octanol–water partition coefficient (Wildman–Crippen LogP) is 8.13. The number of halogens is 3. The van der Waals surface area contributed by atoms with E-state index in [1.54, 1.807) is 0 Å². The second-order valence-corrected chi connectivity index (χ2v) is 15.0. The van der Waals surface area contributed by atoms with Crippen LogP contribution in [0.4, 0.5) is 0 Å². The normalized spacial score (nSPS) is 11.1. The number of aryl methyl sites for hydroxylation is 3. The van der Waals surface area contributed by atoms with Gasteiger partial charge < -0.3 is 0 Å². The van der Waals surface area contributed by atoms with Crippen molar-refractivity contribution in [3.8, 4) is 0 Å². The van der Waals surface area contributed by atoms with E-state index >= 15 is 0 Å². The van der Waals surface area contributed by atoms with E-state index in [0.29, 0.717) is 0 Å². The van der Waals surface area contributed by atoms with Crippen molar-refractivity contribution in [2.75, 3.05) is 0 Å². The van der Waals surface area contributed by atoms with Crippen LogP contribution >= 0.6 is 59.5 Å². The Kier molecular flexibility index (Phi) is 10.3. The molecule has 0 spiro atoms. The molecule has 0 atom stereocenters. The molecule has 0 saturated heterocycles. The van der Waals surface area contributed by atoms with Gasteiger partial charge >= 0.3 is 188 Å². The average molecular weight is 914 g/mol. The van der Waals surface area contributed by atoms with E-state index in [2.05, 4.69) is 133 Å². The Morgan fingerprint density at radius 1 is 0.462 bits per heavy atom. The van der Waals surface area contributed by atoms with Gasteiger partial charge in [0.1, 0.15) is 11.0 Å². The number of nitrogens with zero attached hydrogens (tertiary/aromatic N) is 6. The molecule has 0 radical (unpaired) electrons. The Morgan fingerprint density at radius 3 is 1.46 bits per heavy atom. The summed E-state index contributed by atoms with van der Waals surface area (Å²) in [7, 11) is 0. The Balaban J connectivity index is 0.000000136. The zero-order valence-electron chi connectivity index (χ0n) is 23.0. The van der Waals surface area contributed by atoms with Gasteiger partial charge in [0.25, 0.3) is 0 Å². The summed E-state index contributed by atoms with van der Waals surface area (Å²) in [5.74, 6) is 0. The third kappa shape index (κ3) is 5.87. The zero-order valence-corrected chi connectivity index (χ0v) is 32.7. The topological polar surface area (TPSA) is 77.3 Å². The minimum Gasteiger partial charge on any atom is -0.173 e. The number of aromatic nitrogens is 6. The van der Waals surface area contributed by atoms with Gasteiger partial charge in [-0.25, -0.2) is 0 Å². The number of rotatable bonds is 0. The van der Waals surface area contributed by atoms with Crippen LogP contribution in [0.15, 0.2) is 13.4 Å². The van der Waals surface area contributed by atoms with E-state index in [-0.39, 0.29) is 15.0 Å². The Morgan fingerprint density at radius 2 is 0.872 bits per heavy atom. The van der Waals surface area contributed by atoms with Crippen molar-refractivity contribution in [2.45, 2.75) is 62.3 Å². The Bertz CT molecular complexity index is 1520. The number of hydrogen-bond donors (Lipinski definition) is 0. The van der Waals surface area contributed by atoms with Crippen LogP contribution in [0.5, 0.6) is 0 Å². The largest absolute Gasteiger partial charge is 0.173 e. The molecule has 6 aromatic rings. The van der Waals surface area contributed by atoms with E-state index in [0.717, 1.165) is 46.5 Å². The van der Waals surface area contributed by atoms with Gasteiger partial charge in [-0.3, -0.25) is 0 Å². The van der Waals surface area contributed by atoms with Gasteiger partial charge in [0.05, 0.1) is 11.7 Å². The van der Waals surface area contributed by atoms with Crippen molar-refractivity contribution in [3.63, 3.8) is 0 Å². The molecular weight excluding hydrogens is 887 g/mol. The van der Waals surface area contributed by atoms with Crippen LogP contribution < -0.4 is 0 Å². The minimum absolute atomic E-state index is 0.0653. The Hall–Kier alpha value is -0.571. The van der Waals surface area contributed by atoms with Gasteiger partial charge in [-0.1, -0.05) is 0 Å². The fourth-order valence-corrected chi connectivity index (χ4v) is 10.2. The first-order valence-corrected chi connectivity index (χ1v) is 18.7. The van der Waals surface area contributed by atoms with Gasteiger partial charge in [-0.2, -0.15) is 8.75 Å². The first kappa shape index (κ1) is 31.4. The van der Waals surface area contributed by atoms with E-state index < -0.39 is 21.0 Å². The first-order chi connectivity index (χ1) is 18.4. The molecule has 39 heavy (non-hydrogen) atoms. The van der Waals surface area contributed by atoms with Crippen molar-refractivity contribution in [3.05, 3.63) is 63.5 Å². The summed E-state index contributed by atoms with van der Waals surface area (Å²) < 4.78 is 29.7. The van der Waals surface area contributed by atoms with Gasteiger partial charge in [-0.05, 0) is 53.4 Å². The molecule has 6 rings (SSSR count). The quantitative estimate of drug-likeness (QED) is 0.144. The average Bonchev–Trinajstić information content (AvgIpc) is 3.71. The Labute approximate surface area is 274 Å². The summed E-state index contributed by atoms with van der Waals surface area (Å²) in [5, 5.41) is 0. The maximum absolute atomic E-state index is 4.49. The third-order valence-electron chi connectivity index (χ3n) is 7.52. The maximum Gasteiger partial charge on any atom is 0.119 e. The maximum atomic E-state index is 4.49. The summed E-state index contributed by atoms with van der Waals surface area (Å²) in [6, 6.07) is 0. The molecule has 0 saturated carbocycles.